The first-order valence-corrected chi connectivity index (χ1v) is 6.57. The van der Waals surface area contributed by atoms with E-state index < -0.39 is 0 Å². The van der Waals surface area contributed by atoms with E-state index in [1.54, 1.807) is 23.5 Å². The Morgan fingerprint density at radius 2 is 2.06 bits per heavy atom. The summed E-state index contributed by atoms with van der Waals surface area (Å²) >= 11 is 1.67. The van der Waals surface area contributed by atoms with Crippen LogP contribution in [-0.4, -0.2) is 11.0 Å². The lowest BCUT2D eigenvalue weighted by molar-refractivity contribution is 0.628. The van der Waals surface area contributed by atoms with Crippen molar-refractivity contribution in [2.45, 2.75) is 25.4 Å². The summed E-state index contributed by atoms with van der Waals surface area (Å²) in [5.41, 5.74) is 0.981. The maximum Gasteiger partial charge on any atom is 0.123 e. The van der Waals surface area contributed by atoms with Crippen LogP contribution < -0.4 is 5.32 Å². The minimum absolute atomic E-state index is 0.207. The highest BCUT2D eigenvalue weighted by atomic mass is 32.1. The molecular formula is C13H13FN2S. The third kappa shape index (κ3) is 2.70. The predicted molar refractivity (Wildman–Crippen MR) is 67.4 cm³/mol. The zero-order valence-corrected chi connectivity index (χ0v) is 10.1. The zero-order chi connectivity index (χ0) is 11.7. The fourth-order valence-corrected chi connectivity index (χ4v) is 2.52. The Kier molecular flexibility index (Phi) is 2.91. The van der Waals surface area contributed by atoms with Crippen molar-refractivity contribution in [3.05, 3.63) is 41.2 Å². The van der Waals surface area contributed by atoms with Crippen LogP contribution in [0.5, 0.6) is 0 Å². The van der Waals surface area contributed by atoms with Gasteiger partial charge in [-0.15, -0.1) is 11.3 Å². The Balaban J connectivity index is 1.72. The molecule has 0 spiro atoms. The van der Waals surface area contributed by atoms with Crippen LogP contribution in [0.3, 0.4) is 0 Å². The van der Waals surface area contributed by atoms with Crippen molar-refractivity contribution in [3.63, 3.8) is 0 Å². The largest absolute Gasteiger partial charge is 0.309 e. The molecule has 1 saturated carbocycles. The summed E-state index contributed by atoms with van der Waals surface area (Å²) in [5.74, 6) is -0.207. The molecule has 0 atom stereocenters. The molecule has 0 aliphatic heterocycles. The van der Waals surface area contributed by atoms with E-state index in [-0.39, 0.29) is 5.82 Å². The maximum absolute atomic E-state index is 12.8. The standard InChI is InChI=1S/C13H13FN2S/c14-10-3-1-9(2-4-10)13-16-8-12(17-13)7-15-11-5-6-11/h1-4,8,11,15H,5-7H2. The highest BCUT2D eigenvalue weighted by Crippen LogP contribution is 2.26. The summed E-state index contributed by atoms with van der Waals surface area (Å²) < 4.78 is 12.8. The van der Waals surface area contributed by atoms with Crippen LogP contribution in [0.4, 0.5) is 4.39 Å². The third-order valence-electron chi connectivity index (χ3n) is 2.79. The predicted octanol–water partition coefficient (Wildman–Crippen LogP) is 3.20. The van der Waals surface area contributed by atoms with Gasteiger partial charge >= 0.3 is 0 Å². The third-order valence-corrected chi connectivity index (χ3v) is 3.83. The number of aromatic nitrogens is 1. The van der Waals surface area contributed by atoms with Gasteiger partial charge in [0.1, 0.15) is 10.8 Å². The summed E-state index contributed by atoms with van der Waals surface area (Å²) in [6.45, 7) is 0.892. The van der Waals surface area contributed by atoms with Crippen LogP contribution in [-0.2, 0) is 6.54 Å². The van der Waals surface area contributed by atoms with Crippen LogP contribution in [0.1, 0.15) is 17.7 Å². The molecule has 0 unspecified atom stereocenters. The molecule has 1 fully saturated rings. The average molecular weight is 248 g/mol. The molecule has 88 valence electrons. The molecular weight excluding hydrogens is 235 g/mol. The van der Waals surface area contributed by atoms with Crippen molar-refractivity contribution < 1.29 is 4.39 Å². The SMILES string of the molecule is Fc1ccc(-c2ncc(CNC3CC3)s2)cc1. The lowest BCUT2D eigenvalue weighted by Gasteiger charge is -1.97. The Morgan fingerprint density at radius 3 is 2.76 bits per heavy atom. The number of hydrogen-bond donors (Lipinski definition) is 1. The molecule has 3 rings (SSSR count). The van der Waals surface area contributed by atoms with E-state index in [1.807, 2.05) is 6.20 Å². The van der Waals surface area contributed by atoms with Gasteiger partial charge in [0.05, 0.1) is 0 Å². The van der Waals surface area contributed by atoms with E-state index in [0.29, 0.717) is 6.04 Å². The van der Waals surface area contributed by atoms with Crippen LogP contribution in [0.25, 0.3) is 10.6 Å². The first-order valence-electron chi connectivity index (χ1n) is 5.75. The van der Waals surface area contributed by atoms with Gasteiger partial charge in [0.15, 0.2) is 0 Å². The molecule has 0 bridgehead atoms. The summed E-state index contributed by atoms with van der Waals surface area (Å²) in [6.07, 6.45) is 4.49. The summed E-state index contributed by atoms with van der Waals surface area (Å²) in [5, 5.41) is 4.41. The minimum atomic E-state index is -0.207. The highest BCUT2D eigenvalue weighted by molar-refractivity contribution is 7.15. The molecule has 17 heavy (non-hydrogen) atoms. The topological polar surface area (TPSA) is 24.9 Å². The van der Waals surface area contributed by atoms with Crippen LogP contribution >= 0.6 is 11.3 Å². The number of nitrogens with zero attached hydrogens (tertiary/aromatic N) is 1. The van der Waals surface area contributed by atoms with E-state index in [2.05, 4.69) is 10.3 Å². The van der Waals surface area contributed by atoms with E-state index in [4.69, 9.17) is 0 Å². The molecule has 1 N–H and O–H groups in total. The number of benzene rings is 1. The minimum Gasteiger partial charge on any atom is -0.309 e. The molecule has 2 aromatic rings. The van der Waals surface area contributed by atoms with E-state index >= 15 is 0 Å². The molecule has 0 amide bonds. The van der Waals surface area contributed by atoms with Gasteiger partial charge in [-0.25, -0.2) is 9.37 Å². The first-order chi connectivity index (χ1) is 8.31. The maximum atomic E-state index is 12.8. The molecule has 1 aromatic heterocycles. The van der Waals surface area contributed by atoms with Crippen LogP contribution in [0.15, 0.2) is 30.5 Å². The average Bonchev–Trinajstić information content (AvgIpc) is 3.06. The number of halogens is 1. The zero-order valence-electron chi connectivity index (χ0n) is 9.32. The monoisotopic (exact) mass is 248 g/mol. The van der Waals surface area contributed by atoms with Gasteiger partial charge in [-0.1, -0.05) is 0 Å². The molecule has 4 heteroatoms. The highest BCUT2D eigenvalue weighted by Gasteiger charge is 2.20. The van der Waals surface area contributed by atoms with E-state index in [1.165, 1.54) is 29.9 Å². The molecule has 0 saturated heterocycles. The van der Waals surface area contributed by atoms with E-state index in [9.17, 15) is 4.39 Å². The second-order valence-corrected chi connectivity index (χ2v) is 5.41. The smallest absolute Gasteiger partial charge is 0.123 e. The van der Waals surface area contributed by atoms with Gasteiger partial charge in [0.25, 0.3) is 0 Å². The molecule has 0 radical (unpaired) electrons. The van der Waals surface area contributed by atoms with Gasteiger partial charge in [-0.05, 0) is 37.1 Å². The molecule has 2 nitrogen and oxygen atoms in total. The Morgan fingerprint density at radius 1 is 1.29 bits per heavy atom. The second-order valence-electron chi connectivity index (χ2n) is 4.29. The van der Waals surface area contributed by atoms with Crippen molar-refractivity contribution in [3.8, 4) is 10.6 Å². The molecule has 1 aliphatic carbocycles. The van der Waals surface area contributed by atoms with Crippen molar-refractivity contribution in [1.82, 2.24) is 10.3 Å². The van der Waals surface area contributed by atoms with Gasteiger partial charge in [-0.2, -0.15) is 0 Å². The van der Waals surface area contributed by atoms with Gasteiger partial charge in [0, 0.05) is 29.2 Å². The number of rotatable bonds is 4. The Bertz CT molecular complexity index is 502. The van der Waals surface area contributed by atoms with Gasteiger partial charge < -0.3 is 5.32 Å². The summed E-state index contributed by atoms with van der Waals surface area (Å²) in [7, 11) is 0. The lowest BCUT2D eigenvalue weighted by atomic mass is 10.2. The van der Waals surface area contributed by atoms with E-state index in [0.717, 1.165) is 17.1 Å². The molecule has 1 aliphatic rings. The summed E-state index contributed by atoms with van der Waals surface area (Å²) in [4.78, 5) is 5.60. The van der Waals surface area contributed by atoms with Gasteiger partial charge in [-0.3, -0.25) is 0 Å². The van der Waals surface area contributed by atoms with Crippen LogP contribution in [0, 0.1) is 5.82 Å². The number of thiazole rings is 1. The molecule has 1 heterocycles. The van der Waals surface area contributed by atoms with Crippen molar-refractivity contribution >= 4 is 11.3 Å². The van der Waals surface area contributed by atoms with Gasteiger partial charge in [0.2, 0.25) is 0 Å². The molecule has 1 aromatic carbocycles. The number of hydrogen-bond acceptors (Lipinski definition) is 3. The Hall–Kier alpha value is -1.26. The quantitative estimate of drug-likeness (QED) is 0.898. The van der Waals surface area contributed by atoms with Crippen molar-refractivity contribution in [2.75, 3.05) is 0 Å². The van der Waals surface area contributed by atoms with Crippen molar-refractivity contribution in [1.29, 1.82) is 0 Å². The summed E-state index contributed by atoms with van der Waals surface area (Å²) in [6, 6.07) is 7.20. The normalized spacial score (nSPS) is 15.1. The second kappa shape index (κ2) is 4.55. The fourth-order valence-electron chi connectivity index (χ4n) is 1.65. The van der Waals surface area contributed by atoms with Crippen molar-refractivity contribution in [2.24, 2.45) is 0 Å². The lowest BCUT2D eigenvalue weighted by Crippen LogP contribution is -2.14. The van der Waals surface area contributed by atoms with Crippen LogP contribution in [0.2, 0.25) is 0 Å². The number of nitrogens with one attached hydrogen (secondary N) is 1. The fraction of sp³-hybridized carbons (Fsp3) is 0.308. The first kappa shape index (κ1) is 10.9. The Labute approximate surface area is 104 Å².